The van der Waals surface area contributed by atoms with Crippen molar-refractivity contribution in [3.63, 3.8) is 0 Å². The fourth-order valence-corrected chi connectivity index (χ4v) is 3.88. The van der Waals surface area contributed by atoms with Gasteiger partial charge in [-0.1, -0.05) is 37.4 Å². The summed E-state index contributed by atoms with van der Waals surface area (Å²) in [6.07, 6.45) is 3.97. The quantitative estimate of drug-likeness (QED) is 0.593. The number of para-hydroxylation sites is 2. The number of aliphatic hydroxyl groups excluding tert-OH is 1. The van der Waals surface area contributed by atoms with Crippen molar-refractivity contribution in [1.82, 2.24) is 10.2 Å². The van der Waals surface area contributed by atoms with Crippen LogP contribution in [0.1, 0.15) is 6.42 Å². The lowest BCUT2D eigenvalue weighted by molar-refractivity contribution is -0.123. The van der Waals surface area contributed by atoms with Crippen molar-refractivity contribution < 1.29 is 19.4 Å². The molecule has 31 heavy (non-hydrogen) atoms. The topological polar surface area (TPSA) is 74.3 Å². The van der Waals surface area contributed by atoms with Gasteiger partial charge >= 0.3 is 0 Å². The number of amides is 1. The lowest BCUT2D eigenvalue weighted by Gasteiger charge is -2.30. The number of carbonyl (C=O) groups is 1. The van der Waals surface area contributed by atoms with E-state index < -0.39 is 6.10 Å². The van der Waals surface area contributed by atoms with E-state index in [1.807, 2.05) is 36.4 Å². The van der Waals surface area contributed by atoms with Gasteiger partial charge in [0.25, 0.3) is 5.91 Å². The fourth-order valence-electron chi connectivity index (χ4n) is 3.88. The van der Waals surface area contributed by atoms with Crippen molar-refractivity contribution in [3.8, 4) is 5.75 Å². The monoisotopic (exact) mass is 427 g/mol. The Balaban J connectivity index is 1.42. The van der Waals surface area contributed by atoms with Crippen LogP contribution in [0.5, 0.6) is 5.75 Å². The molecule has 0 aromatic heterocycles. The molecule has 1 aromatic rings. The van der Waals surface area contributed by atoms with Gasteiger partial charge in [0.2, 0.25) is 0 Å². The molecule has 1 atom stereocenters. The molecule has 1 saturated heterocycles. The Labute approximate surface area is 184 Å². The highest BCUT2D eigenvalue weighted by molar-refractivity contribution is 5.77. The molecule has 1 fully saturated rings. The number of β-amino-alcohol motifs (C(OH)–C–C–N with tert-alkyl or cyclic N) is 1. The molecule has 1 amide bonds. The minimum absolute atomic E-state index is 0.0934. The van der Waals surface area contributed by atoms with Gasteiger partial charge in [0.1, 0.15) is 5.75 Å². The normalized spacial score (nSPS) is 18.4. The van der Waals surface area contributed by atoms with Crippen LogP contribution in [-0.4, -0.2) is 81.1 Å². The smallest absolute Gasteiger partial charge is 0.258 e. The highest BCUT2D eigenvalue weighted by Gasteiger charge is 2.19. The van der Waals surface area contributed by atoms with Gasteiger partial charge < -0.3 is 24.8 Å². The molecule has 7 heteroatoms. The first kappa shape index (κ1) is 23.1. The molecular weight excluding hydrogens is 394 g/mol. The van der Waals surface area contributed by atoms with E-state index in [-0.39, 0.29) is 19.1 Å². The second kappa shape index (κ2) is 11.7. The third kappa shape index (κ3) is 6.69. The van der Waals surface area contributed by atoms with Crippen LogP contribution in [0.2, 0.25) is 0 Å². The third-order valence-corrected chi connectivity index (χ3v) is 5.58. The van der Waals surface area contributed by atoms with Gasteiger partial charge in [0.05, 0.1) is 25.0 Å². The zero-order chi connectivity index (χ0) is 22.1. The maximum atomic E-state index is 12.3. The summed E-state index contributed by atoms with van der Waals surface area (Å²) in [7, 11) is 0. The Bertz CT molecular complexity index is 802. The van der Waals surface area contributed by atoms with E-state index in [0.29, 0.717) is 25.5 Å². The zero-order valence-corrected chi connectivity index (χ0v) is 18.1. The van der Waals surface area contributed by atoms with Crippen molar-refractivity contribution in [2.75, 3.05) is 64.0 Å². The summed E-state index contributed by atoms with van der Waals surface area (Å²) in [6, 6.07) is 7.71. The first-order valence-electron chi connectivity index (χ1n) is 10.8. The summed E-state index contributed by atoms with van der Waals surface area (Å²) >= 11 is 0. The predicted octanol–water partition coefficient (Wildman–Crippen LogP) is 1.75. The van der Waals surface area contributed by atoms with E-state index >= 15 is 0 Å². The predicted molar refractivity (Wildman–Crippen MR) is 122 cm³/mol. The number of hydrogen-bond donors (Lipinski definition) is 2. The number of allylic oxidation sites excluding steroid dienone is 1. The molecule has 0 radical (unpaired) electrons. The van der Waals surface area contributed by atoms with Crippen LogP contribution in [-0.2, 0) is 9.53 Å². The van der Waals surface area contributed by atoms with Crippen molar-refractivity contribution in [1.29, 1.82) is 0 Å². The van der Waals surface area contributed by atoms with Crippen LogP contribution < -0.4 is 15.0 Å². The molecule has 2 N–H and O–H groups in total. The summed E-state index contributed by atoms with van der Waals surface area (Å²) in [4.78, 5) is 16.6. The summed E-state index contributed by atoms with van der Waals surface area (Å²) in [5.41, 5.74) is 3.32. The summed E-state index contributed by atoms with van der Waals surface area (Å²) in [6.45, 7) is 12.8. The van der Waals surface area contributed by atoms with Crippen LogP contribution >= 0.6 is 0 Å². The molecule has 0 saturated carbocycles. The Kier molecular flexibility index (Phi) is 8.70. The van der Waals surface area contributed by atoms with Crippen molar-refractivity contribution in [2.45, 2.75) is 12.5 Å². The molecule has 3 rings (SSSR count). The highest BCUT2D eigenvalue weighted by atomic mass is 16.5. The van der Waals surface area contributed by atoms with Gasteiger partial charge in [-0.25, -0.2) is 0 Å². The van der Waals surface area contributed by atoms with Gasteiger partial charge in [0.15, 0.2) is 6.61 Å². The summed E-state index contributed by atoms with van der Waals surface area (Å²) in [5, 5.41) is 13.1. The van der Waals surface area contributed by atoms with Gasteiger partial charge in [-0.2, -0.15) is 0 Å². The fraction of sp³-hybridized carbons (Fsp3) is 0.458. The number of nitrogens with one attached hydrogen (secondary N) is 1. The number of hydrogen-bond acceptors (Lipinski definition) is 6. The number of nitrogens with zero attached hydrogens (tertiary/aromatic N) is 2. The Morgan fingerprint density at radius 2 is 1.94 bits per heavy atom. The molecule has 1 aromatic carbocycles. The van der Waals surface area contributed by atoms with Gasteiger partial charge in [-0.15, -0.1) is 0 Å². The maximum Gasteiger partial charge on any atom is 0.258 e. The third-order valence-electron chi connectivity index (χ3n) is 5.58. The van der Waals surface area contributed by atoms with E-state index in [4.69, 9.17) is 9.47 Å². The van der Waals surface area contributed by atoms with Crippen LogP contribution in [0.3, 0.4) is 0 Å². The summed E-state index contributed by atoms with van der Waals surface area (Å²) < 4.78 is 11.2. The van der Waals surface area contributed by atoms with E-state index in [2.05, 4.69) is 28.3 Å². The Morgan fingerprint density at radius 3 is 2.68 bits per heavy atom. The molecule has 2 aliphatic rings. The number of ether oxygens (including phenoxy) is 2. The number of carbonyl (C=O) groups excluding carboxylic acids is 1. The lowest BCUT2D eigenvalue weighted by Crippen LogP contribution is -2.43. The van der Waals surface area contributed by atoms with Gasteiger partial charge in [-0.3, -0.25) is 9.69 Å². The molecule has 2 aliphatic heterocycles. The standard InChI is InChI=1S/C24H33N3O4/c1-3-19-9-10-26(16-20(19)4-2)17-21(28)15-25-24(29)18-31-23-8-6-5-7-22(23)27-11-13-30-14-12-27/h3-8,21,28H,1-2,9-18H2,(H,25,29). The Morgan fingerprint density at radius 1 is 1.19 bits per heavy atom. The largest absolute Gasteiger partial charge is 0.482 e. The van der Waals surface area contributed by atoms with Crippen molar-refractivity contribution in [3.05, 3.63) is 60.7 Å². The molecule has 1 unspecified atom stereocenters. The molecule has 168 valence electrons. The molecule has 0 spiro atoms. The Hall–Kier alpha value is -2.61. The number of rotatable bonds is 10. The molecular formula is C24H33N3O4. The summed E-state index contributed by atoms with van der Waals surface area (Å²) in [5.74, 6) is 0.422. The first-order chi connectivity index (χ1) is 15.1. The van der Waals surface area contributed by atoms with E-state index in [1.165, 1.54) is 5.57 Å². The highest BCUT2D eigenvalue weighted by Crippen LogP contribution is 2.28. The van der Waals surface area contributed by atoms with Crippen LogP contribution in [0.15, 0.2) is 60.7 Å². The van der Waals surface area contributed by atoms with Crippen LogP contribution in [0, 0.1) is 0 Å². The van der Waals surface area contributed by atoms with Crippen LogP contribution in [0.4, 0.5) is 5.69 Å². The van der Waals surface area contributed by atoms with E-state index in [0.717, 1.165) is 43.9 Å². The van der Waals surface area contributed by atoms with E-state index in [1.54, 1.807) is 0 Å². The minimum atomic E-state index is -0.652. The van der Waals surface area contributed by atoms with Gasteiger partial charge in [-0.05, 0) is 29.7 Å². The van der Waals surface area contributed by atoms with Crippen molar-refractivity contribution >= 4 is 11.6 Å². The minimum Gasteiger partial charge on any atom is -0.482 e. The molecule has 0 bridgehead atoms. The van der Waals surface area contributed by atoms with E-state index in [9.17, 15) is 9.90 Å². The maximum absolute atomic E-state index is 12.3. The van der Waals surface area contributed by atoms with Gasteiger partial charge in [0, 0.05) is 39.3 Å². The SMILES string of the molecule is C=CC1=C(C=C)CN(CC(O)CNC(=O)COc2ccccc2N2CCOCC2)CC1. The lowest BCUT2D eigenvalue weighted by atomic mass is 10.00. The first-order valence-corrected chi connectivity index (χ1v) is 10.8. The molecule has 0 aliphatic carbocycles. The number of benzene rings is 1. The van der Waals surface area contributed by atoms with Crippen molar-refractivity contribution in [2.24, 2.45) is 0 Å². The van der Waals surface area contributed by atoms with Crippen LogP contribution in [0.25, 0.3) is 0 Å². The number of aliphatic hydroxyl groups is 1. The second-order valence-corrected chi connectivity index (χ2v) is 7.76. The average molecular weight is 428 g/mol. The number of morpholine rings is 1. The molecule has 2 heterocycles. The second-order valence-electron chi connectivity index (χ2n) is 7.76. The zero-order valence-electron chi connectivity index (χ0n) is 18.1. The number of anilines is 1. The molecule has 7 nitrogen and oxygen atoms in total. The average Bonchev–Trinajstić information content (AvgIpc) is 2.82.